The SMILES string of the molecule is CCCCCCCCc1cnc(-c2ccc(C(=O)Oc3cccc(OC(=O)c4ccc(-c5ncc(CCCCCCCC)cn5)cc4)c3[N+](=O)[O-])cc2)nc1. The maximum Gasteiger partial charge on any atom is 0.353 e. The number of hydrogen-bond acceptors (Lipinski definition) is 10. The van der Waals surface area contributed by atoms with Crippen LogP contribution in [0.5, 0.6) is 11.5 Å². The monoisotopic (exact) mass is 743 g/mol. The number of nitro groups is 1. The Morgan fingerprint density at radius 2 is 0.909 bits per heavy atom. The molecule has 0 aliphatic heterocycles. The van der Waals surface area contributed by atoms with Crippen LogP contribution in [0.1, 0.15) is 123 Å². The van der Waals surface area contributed by atoms with Gasteiger partial charge >= 0.3 is 17.6 Å². The minimum Gasteiger partial charge on any atom is -0.415 e. The first-order chi connectivity index (χ1) is 26.9. The smallest absolute Gasteiger partial charge is 0.353 e. The number of unbranched alkanes of at least 4 members (excludes halogenated alkanes) is 10. The van der Waals surface area contributed by atoms with Gasteiger partial charge in [-0.1, -0.05) is 108 Å². The van der Waals surface area contributed by atoms with Crippen molar-refractivity contribution in [3.8, 4) is 34.3 Å². The van der Waals surface area contributed by atoms with Gasteiger partial charge in [0.25, 0.3) is 0 Å². The number of aromatic nitrogens is 4. The van der Waals surface area contributed by atoms with Crippen molar-refractivity contribution >= 4 is 17.6 Å². The second kappa shape index (κ2) is 21.2. The number of aryl methyl sites for hydroxylation is 2. The molecular formula is C44H49N5O6. The van der Waals surface area contributed by atoms with Crippen molar-refractivity contribution in [3.05, 3.63) is 124 Å². The molecule has 0 fully saturated rings. The standard InChI is InChI=1S/C44H49N5O6/c1-3-5-7-9-11-13-16-32-28-45-41(46-29-32)34-20-24-36(25-21-34)43(50)54-38-18-15-19-39(40(38)49(52)53)55-44(51)37-26-22-35(23-27-37)42-47-30-33(31-48-42)17-14-12-10-8-6-4-2/h15,18-31H,3-14,16-17H2,1-2H3. The molecule has 2 aromatic heterocycles. The molecule has 0 bridgehead atoms. The van der Waals surface area contributed by atoms with E-state index in [1.807, 2.05) is 24.8 Å². The summed E-state index contributed by atoms with van der Waals surface area (Å²) in [5, 5.41) is 12.1. The summed E-state index contributed by atoms with van der Waals surface area (Å²) in [5.74, 6) is -1.31. The van der Waals surface area contributed by atoms with Crippen molar-refractivity contribution < 1.29 is 24.0 Å². The molecule has 5 aromatic rings. The van der Waals surface area contributed by atoms with Crippen LogP contribution in [-0.4, -0.2) is 36.8 Å². The van der Waals surface area contributed by atoms with E-state index in [1.165, 1.54) is 82.4 Å². The predicted molar refractivity (Wildman–Crippen MR) is 212 cm³/mol. The summed E-state index contributed by atoms with van der Waals surface area (Å²) in [6, 6.07) is 16.9. The third-order valence-corrected chi connectivity index (χ3v) is 9.36. The van der Waals surface area contributed by atoms with Gasteiger partial charge in [0.15, 0.2) is 11.6 Å². The highest BCUT2D eigenvalue weighted by Crippen LogP contribution is 2.37. The Bertz CT molecular complexity index is 1850. The van der Waals surface area contributed by atoms with Gasteiger partial charge in [-0.05, 0) is 73.2 Å². The zero-order chi connectivity index (χ0) is 38.8. The Hall–Kier alpha value is -5.84. The third-order valence-electron chi connectivity index (χ3n) is 9.36. The van der Waals surface area contributed by atoms with Gasteiger partial charge < -0.3 is 9.47 Å². The fraction of sp³-hybridized carbons (Fsp3) is 0.364. The Kier molecular flexibility index (Phi) is 15.5. The van der Waals surface area contributed by atoms with Crippen LogP contribution in [0.25, 0.3) is 22.8 Å². The fourth-order valence-corrected chi connectivity index (χ4v) is 6.16. The van der Waals surface area contributed by atoms with E-state index in [2.05, 4.69) is 33.8 Å². The summed E-state index contributed by atoms with van der Waals surface area (Å²) >= 11 is 0. The third kappa shape index (κ3) is 12.1. The van der Waals surface area contributed by atoms with Gasteiger partial charge in [-0.3, -0.25) is 10.1 Å². The molecule has 0 amide bonds. The molecule has 0 saturated carbocycles. The lowest BCUT2D eigenvalue weighted by molar-refractivity contribution is -0.386. The van der Waals surface area contributed by atoms with Crippen molar-refractivity contribution in [2.75, 3.05) is 0 Å². The van der Waals surface area contributed by atoms with E-state index in [-0.39, 0.29) is 22.6 Å². The average molecular weight is 744 g/mol. The van der Waals surface area contributed by atoms with Crippen LogP contribution >= 0.6 is 0 Å². The molecule has 0 atom stereocenters. The first kappa shape index (κ1) is 40.3. The number of esters is 2. The van der Waals surface area contributed by atoms with E-state index < -0.39 is 22.5 Å². The van der Waals surface area contributed by atoms with Gasteiger partial charge in [0.05, 0.1) is 16.1 Å². The minimum atomic E-state index is -0.818. The first-order valence-corrected chi connectivity index (χ1v) is 19.4. The largest absolute Gasteiger partial charge is 0.415 e. The van der Waals surface area contributed by atoms with Gasteiger partial charge in [0.1, 0.15) is 0 Å². The summed E-state index contributed by atoms with van der Waals surface area (Å²) in [5.41, 5.74) is 3.25. The summed E-state index contributed by atoms with van der Waals surface area (Å²) in [7, 11) is 0. The van der Waals surface area contributed by atoms with Gasteiger partial charge in [-0.15, -0.1) is 0 Å². The molecule has 3 aromatic carbocycles. The molecule has 0 N–H and O–H groups in total. The highest BCUT2D eigenvalue weighted by atomic mass is 16.6. The predicted octanol–water partition coefficient (Wildman–Crippen LogP) is 10.8. The molecule has 0 saturated heterocycles. The van der Waals surface area contributed by atoms with E-state index in [0.717, 1.165) is 36.8 Å². The van der Waals surface area contributed by atoms with E-state index in [4.69, 9.17) is 9.47 Å². The molecule has 286 valence electrons. The molecule has 0 aliphatic rings. The Labute approximate surface area is 322 Å². The summed E-state index contributed by atoms with van der Waals surface area (Å²) in [6.07, 6.45) is 23.8. The van der Waals surface area contributed by atoms with Crippen LogP contribution in [0, 0.1) is 10.1 Å². The zero-order valence-electron chi connectivity index (χ0n) is 31.7. The second-order valence-corrected chi connectivity index (χ2v) is 13.7. The highest BCUT2D eigenvalue weighted by molar-refractivity contribution is 5.94. The van der Waals surface area contributed by atoms with Gasteiger partial charge in [0, 0.05) is 35.9 Å². The number of nitro benzene ring substituents is 1. The number of para-hydroxylation sites is 1. The number of ether oxygens (including phenoxy) is 2. The lowest BCUT2D eigenvalue weighted by Gasteiger charge is -2.10. The first-order valence-electron chi connectivity index (χ1n) is 19.4. The molecule has 5 rings (SSSR count). The summed E-state index contributed by atoms with van der Waals surface area (Å²) in [6.45, 7) is 4.42. The normalized spacial score (nSPS) is 10.9. The number of benzene rings is 3. The zero-order valence-corrected chi connectivity index (χ0v) is 31.7. The maximum absolute atomic E-state index is 13.1. The van der Waals surface area contributed by atoms with Gasteiger partial charge in [-0.25, -0.2) is 29.5 Å². The topological polar surface area (TPSA) is 147 Å². The van der Waals surface area contributed by atoms with E-state index >= 15 is 0 Å². The molecule has 11 nitrogen and oxygen atoms in total. The van der Waals surface area contributed by atoms with Crippen molar-refractivity contribution in [1.29, 1.82) is 0 Å². The van der Waals surface area contributed by atoms with Crippen molar-refractivity contribution in [2.24, 2.45) is 0 Å². The van der Waals surface area contributed by atoms with Crippen LogP contribution in [0.2, 0.25) is 0 Å². The van der Waals surface area contributed by atoms with Gasteiger partial charge in [0.2, 0.25) is 11.5 Å². The Morgan fingerprint density at radius 1 is 0.545 bits per heavy atom. The molecule has 0 unspecified atom stereocenters. The number of rotatable bonds is 21. The lowest BCUT2D eigenvalue weighted by atomic mass is 10.1. The lowest BCUT2D eigenvalue weighted by Crippen LogP contribution is -2.12. The number of carbonyl (C=O) groups excluding carboxylic acids is 2. The van der Waals surface area contributed by atoms with Crippen LogP contribution in [0.4, 0.5) is 5.69 Å². The van der Waals surface area contributed by atoms with E-state index in [0.29, 0.717) is 22.8 Å². The maximum atomic E-state index is 13.1. The second-order valence-electron chi connectivity index (χ2n) is 13.7. The molecule has 11 heteroatoms. The molecule has 0 spiro atoms. The van der Waals surface area contributed by atoms with Crippen LogP contribution < -0.4 is 9.47 Å². The molecular weight excluding hydrogens is 695 g/mol. The molecule has 2 heterocycles. The summed E-state index contributed by atoms with van der Waals surface area (Å²) in [4.78, 5) is 55.5. The van der Waals surface area contributed by atoms with E-state index in [1.54, 1.807) is 48.5 Å². The quantitative estimate of drug-likeness (QED) is 0.0234. The van der Waals surface area contributed by atoms with E-state index in [9.17, 15) is 19.7 Å². The Balaban J connectivity index is 1.16. The average Bonchev–Trinajstić information content (AvgIpc) is 3.21. The van der Waals surface area contributed by atoms with Crippen molar-refractivity contribution in [3.63, 3.8) is 0 Å². The number of carbonyl (C=O) groups is 2. The minimum absolute atomic E-state index is 0.164. The molecule has 0 radical (unpaired) electrons. The van der Waals surface area contributed by atoms with Crippen LogP contribution in [-0.2, 0) is 12.8 Å². The molecule has 0 aliphatic carbocycles. The molecule has 55 heavy (non-hydrogen) atoms. The van der Waals surface area contributed by atoms with Crippen molar-refractivity contribution in [1.82, 2.24) is 19.9 Å². The summed E-state index contributed by atoms with van der Waals surface area (Å²) < 4.78 is 10.9. The van der Waals surface area contributed by atoms with Crippen molar-refractivity contribution in [2.45, 2.75) is 104 Å². The van der Waals surface area contributed by atoms with Crippen LogP contribution in [0.3, 0.4) is 0 Å². The fourth-order valence-electron chi connectivity index (χ4n) is 6.16. The van der Waals surface area contributed by atoms with Gasteiger partial charge in [-0.2, -0.15) is 0 Å². The highest BCUT2D eigenvalue weighted by Gasteiger charge is 2.27. The number of nitrogens with zero attached hydrogens (tertiary/aromatic N) is 5. The Morgan fingerprint density at radius 3 is 1.27 bits per heavy atom. The van der Waals surface area contributed by atoms with Crippen LogP contribution in [0.15, 0.2) is 91.5 Å². The number of hydrogen-bond donors (Lipinski definition) is 0.